The Morgan fingerprint density at radius 1 is 1.00 bits per heavy atom. The summed E-state index contributed by atoms with van der Waals surface area (Å²) in [6.45, 7) is 0.188. The first-order valence-corrected chi connectivity index (χ1v) is 15.3. The molecule has 4 heterocycles. The van der Waals surface area contributed by atoms with E-state index in [-0.39, 0.29) is 59.7 Å². The number of para-hydroxylation sites is 2. The molecule has 6 rings (SSSR count). The lowest BCUT2D eigenvalue weighted by Crippen LogP contribution is -2.47. The summed E-state index contributed by atoms with van der Waals surface area (Å²) in [6.07, 6.45) is 4.79. The van der Waals surface area contributed by atoms with E-state index in [4.69, 9.17) is 0 Å². The molecule has 3 aliphatic rings. The summed E-state index contributed by atoms with van der Waals surface area (Å²) in [7, 11) is 0. The Labute approximate surface area is 239 Å². The van der Waals surface area contributed by atoms with E-state index in [0.29, 0.717) is 31.4 Å². The fourth-order valence-corrected chi connectivity index (χ4v) is 7.49. The van der Waals surface area contributed by atoms with Gasteiger partial charge >= 0.3 is 5.69 Å². The molecule has 10 nitrogen and oxygen atoms in total. The molecule has 1 aliphatic carbocycles. The van der Waals surface area contributed by atoms with Crippen molar-refractivity contribution in [2.45, 2.75) is 63.1 Å². The number of carbonyl (C=O) groups is 2. The van der Waals surface area contributed by atoms with Gasteiger partial charge in [0.05, 0.1) is 23.2 Å². The maximum absolute atomic E-state index is 14.2. The van der Waals surface area contributed by atoms with Gasteiger partial charge in [0.15, 0.2) is 0 Å². The van der Waals surface area contributed by atoms with E-state index in [2.05, 4.69) is 10.3 Å². The fraction of sp³-hybridized carbons (Fsp3) is 0.483. The number of hydrogen-bond acceptors (Lipinski definition) is 7. The number of amides is 2. The molecule has 0 bridgehead atoms. The van der Waals surface area contributed by atoms with Gasteiger partial charge in [0.1, 0.15) is 17.2 Å². The summed E-state index contributed by atoms with van der Waals surface area (Å²) in [5.74, 6) is 0.200. The summed E-state index contributed by atoms with van der Waals surface area (Å²) in [5.41, 5.74) is -0.305. The van der Waals surface area contributed by atoms with Crippen LogP contribution < -0.4 is 21.5 Å². The topological polar surface area (TPSA) is 127 Å². The van der Waals surface area contributed by atoms with Crippen molar-refractivity contribution in [2.75, 3.05) is 23.0 Å². The lowest BCUT2D eigenvalue weighted by Gasteiger charge is -2.32. The Morgan fingerprint density at radius 3 is 2.44 bits per heavy atom. The first kappa shape index (κ1) is 27.5. The number of aromatic hydroxyl groups is 1. The van der Waals surface area contributed by atoms with Crippen LogP contribution in [0.2, 0.25) is 0 Å². The Bertz CT molecular complexity index is 1610. The summed E-state index contributed by atoms with van der Waals surface area (Å²) in [4.78, 5) is 58.5. The van der Waals surface area contributed by atoms with Gasteiger partial charge in [-0.15, -0.1) is 0 Å². The molecule has 216 valence electrons. The summed E-state index contributed by atoms with van der Waals surface area (Å²) in [5, 5.41) is 13.3. The number of anilines is 1. The summed E-state index contributed by atoms with van der Waals surface area (Å²) in [6, 6.07) is 7.10. The number of carbonyl (C=O) groups excluding carboxylic acids is 2. The van der Waals surface area contributed by atoms with Crippen molar-refractivity contribution in [2.24, 2.45) is 5.92 Å². The molecule has 41 heavy (non-hydrogen) atoms. The molecular formula is C29H32FN5O5S. The average molecular weight is 582 g/mol. The smallest absolute Gasteiger partial charge is 0.333 e. The highest BCUT2D eigenvalue weighted by atomic mass is 32.2. The van der Waals surface area contributed by atoms with Crippen LogP contribution in [0.25, 0.3) is 11.0 Å². The number of thioether (sulfide) groups is 1. The van der Waals surface area contributed by atoms with E-state index in [1.54, 1.807) is 22.8 Å². The normalized spacial score (nSPS) is 23.7. The van der Waals surface area contributed by atoms with Gasteiger partial charge in [-0.05, 0) is 68.2 Å². The Balaban J connectivity index is 1.17. The number of pyridine rings is 1. The molecule has 1 unspecified atom stereocenters. The number of nitrogens with one attached hydrogen (secondary N) is 1. The highest BCUT2D eigenvalue weighted by molar-refractivity contribution is 7.99. The summed E-state index contributed by atoms with van der Waals surface area (Å²) >= 11 is 1.82. The molecular weight excluding hydrogens is 549 g/mol. The Morgan fingerprint density at radius 2 is 1.71 bits per heavy atom. The summed E-state index contributed by atoms with van der Waals surface area (Å²) < 4.78 is 17.0. The van der Waals surface area contributed by atoms with Gasteiger partial charge in [-0.2, -0.15) is 11.8 Å². The molecule has 2 aliphatic heterocycles. The monoisotopic (exact) mass is 581 g/mol. The number of phenols is 1. The maximum atomic E-state index is 14.2. The molecule has 2 aromatic heterocycles. The molecule has 12 heteroatoms. The Hall–Kier alpha value is -3.67. The second kappa shape index (κ2) is 11.3. The largest absolute Gasteiger partial charge is 0.506 e. The molecule has 2 N–H and O–H groups in total. The number of hydrogen-bond donors (Lipinski definition) is 2. The van der Waals surface area contributed by atoms with Crippen molar-refractivity contribution in [1.29, 1.82) is 0 Å². The van der Waals surface area contributed by atoms with Crippen molar-refractivity contribution >= 4 is 40.3 Å². The molecule has 2 saturated heterocycles. The number of aromatic nitrogens is 3. The van der Waals surface area contributed by atoms with Crippen molar-refractivity contribution in [3.8, 4) is 5.75 Å². The van der Waals surface area contributed by atoms with Crippen LogP contribution in [0.15, 0.2) is 46.1 Å². The van der Waals surface area contributed by atoms with E-state index in [1.807, 2.05) is 11.8 Å². The van der Waals surface area contributed by atoms with Gasteiger partial charge in [-0.1, -0.05) is 12.1 Å². The van der Waals surface area contributed by atoms with Crippen molar-refractivity contribution in [1.82, 2.24) is 19.4 Å². The molecule has 3 aromatic rings. The Kier molecular flexibility index (Phi) is 7.58. The predicted octanol–water partition coefficient (Wildman–Crippen LogP) is 3.12. The lowest BCUT2D eigenvalue weighted by molar-refractivity contribution is -0.127. The highest BCUT2D eigenvalue weighted by Crippen LogP contribution is 2.33. The molecule has 1 aromatic carbocycles. The minimum absolute atomic E-state index is 0.0101. The van der Waals surface area contributed by atoms with Gasteiger partial charge in [0.25, 0.3) is 5.56 Å². The van der Waals surface area contributed by atoms with Crippen LogP contribution in [-0.4, -0.2) is 55.1 Å². The van der Waals surface area contributed by atoms with Crippen LogP contribution in [0, 0.1) is 11.7 Å². The quantitative estimate of drug-likeness (QED) is 0.474. The van der Waals surface area contributed by atoms with Crippen molar-refractivity contribution in [3.63, 3.8) is 0 Å². The van der Waals surface area contributed by atoms with Gasteiger partial charge in [-0.25, -0.2) is 14.2 Å². The van der Waals surface area contributed by atoms with Crippen LogP contribution >= 0.6 is 11.8 Å². The zero-order valence-electron chi connectivity index (χ0n) is 22.5. The molecule has 2 amide bonds. The zero-order chi connectivity index (χ0) is 28.7. The van der Waals surface area contributed by atoms with E-state index in [0.717, 1.165) is 30.5 Å². The fourth-order valence-electron chi connectivity index (χ4n) is 6.41. The third-order valence-corrected chi connectivity index (χ3v) is 9.60. The SMILES string of the molecule is O=C(NC1CCC(n2c(=O)c3cc(F)cnc3n(C3CCSCC3)c2=O)CC1)C1CC(=O)N(c2ccccc2O)C1. The van der Waals surface area contributed by atoms with Crippen LogP contribution in [-0.2, 0) is 9.59 Å². The van der Waals surface area contributed by atoms with Crippen LogP contribution in [0.1, 0.15) is 57.0 Å². The molecule has 0 radical (unpaired) electrons. The maximum Gasteiger partial charge on any atom is 0.333 e. The minimum atomic E-state index is -0.622. The molecule has 3 fully saturated rings. The molecule has 1 saturated carbocycles. The minimum Gasteiger partial charge on any atom is -0.506 e. The van der Waals surface area contributed by atoms with Crippen LogP contribution in [0.5, 0.6) is 5.75 Å². The second-order valence-electron chi connectivity index (χ2n) is 11.1. The van der Waals surface area contributed by atoms with Crippen molar-refractivity contribution < 1.29 is 19.1 Å². The number of halogens is 1. The molecule has 1 atom stereocenters. The third-order valence-electron chi connectivity index (χ3n) is 8.56. The number of nitrogens with zero attached hydrogens (tertiary/aromatic N) is 4. The second-order valence-corrected chi connectivity index (χ2v) is 12.3. The van der Waals surface area contributed by atoms with E-state index in [1.165, 1.54) is 21.6 Å². The van der Waals surface area contributed by atoms with Gasteiger partial charge in [0, 0.05) is 31.1 Å². The first-order chi connectivity index (χ1) is 19.8. The van der Waals surface area contributed by atoms with E-state index in [9.17, 15) is 28.7 Å². The number of fused-ring (bicyclic) bond motifs is 1. The van der Waals surface area contributed by atoms with Gasteiger partial charge in [-0.3, -0.25) is 23.5 Å². The van der Waals surface area contributed by atoms with Crippen LogP contribution in [0.4, 0.5) is 10.1 Å². The van der Waals surface area contributed by atoms with Crippen molar-refractivity contribution in [3.05, 3.63) is 63.2 Å². The number of benzene rings is 1. The lowest BCUT2D eigenvalue weighted by atomic mass is 9.90. The standard InChI is InChI=1S/C29H32FN5O5S/c30-18-14-22-26(31-15-18)34(21-9-11-41-12-10-21)29(40)35(28(22)39)20-7-5-19(6-8-20)32-27(38)17-13-25(37)33(16-17)23-3-1-2-4-24(23)36/h1-4,14-15,17,19-21,36H,5-13,16H2,(H,32,38). The van der Waals surface area contributed by atoms with Gasteiger partial charge < -0.3 is 15.3 Å². The zero-order valence-corrected chi connectivity index (χ0v) is 23.3. The average Bonchev–Trinajstić information content (AvgIpc) is 3.36. The number of phenolic OH excluding ortho intramolecular Hbond substituents is 1. The van der Waals surface area contributed by atoms with E-state index >= 15 is 0 Å². The first-order valence-electron chi connectivity index (χ1n) is 14.1. The highest BCUT2D eigenvalue weighted by Gasteiger charge is 2.37. The molecule has 0 spiro atoms. The predicted molar refractivity (Wildman–Crippen MR) is 154 cm³/mol. The van der Waals surface area contributed by atoms with E-state index < -0.39 is 23.0 Å². The van der Waals surface area contributed by atoms with Gasteiger partial charge in [0.2, 0.25) is 11.8 Å². The third kappa shape index (κ3) is 5.25. The van der Waals surface area contributed by atoms with Crippen LogP contribution in [0.3, 0.4) is 0 Å². The number of rotatable bonds is 5.